The van der Waals surface area contributed by atoms with E-state index in [0.717, 1.165) is 44.4 Å². The van der Waals surface area contributed by atoms with Gasteiger partial charge in [-0.3, -0.25) is 31.3 Å². The van der Waals surface area contributed by atoms with E-state index in [1.165, 1.54) is 23.9 Å². The SMILES string of the molecule is C.C/C(=N\N(C)C)c1cc2ccccc2o1.C/C=N/N(C)C.C/C=N/N(C)C.CC.CC.CC.CC(=O)c1cc2ccccc2o1.CC(=O)c1cc2ccccc2o1.CCO.CN(C)N.CN(C)N.[I][V][I]. The Morgan fingerprint density at radius 3 is 0.958 bits per heavy atom. The van der Waals surface area contributed by atoms with Crippen LogP contribution in [0.4, 0.5) is 0 Å². The van der Waals surface area contributed by atoms with Gasteiger partial charge in [0, 0.05) is 120 Å². The van der Waals surface area contributed by atoms with E-state index in [-0.39, 0.29) is 25.6 Å². The molecule has 0 fully saturated rings. The molecule has 72 heavy (non-hydrogen) atoms. The second-order valence-corrected chi connectivity index (χ2v) is 25.6. The van der Waals surface area contributed by atoms with Crippen molar-refractivity contribution in [3.63, 3.8) is 0 Å². The van der Waals surface area contributed by atoms with Crippen LogP contribution >= 0.6 is 40.0 Å². The maximum atomic E-state index is 10.9. The van der Waals surface area contributed by atoms with Gasteiger partial charge in [-0.05, 0) is 64.1 Å². The van der Waals surface area contributed by atoms with Crippen molar-refractivity contribution in [3.05, 3.63) is 108 Å². The summed E-state index contributed by atoms with van der Waals surface area (Å²) in [4.78, 5) is 21.8. The predicted molar refractivity (Wildman–Crippen MR) is 328 cm³/mol. The molecule has 0 radical (unpaired) electrons. The van der Waals surface area contributed by atoms with E-state index in [1.54, 1.807) is 74.7 Å². The number of nitrogens with zero attached hydrogens (tertiary/aromatic N) is 8. The number of carbonyl (C=O) groups excluding carboxylic acids is 2. The first-order chi connectivity index (χ1) is 33.5. The average Bonchev–Trinajstić information content (AvgIpc) is 4.07. The Bertz CT molecular complexity index is 2010. The van der Waals surface area contributed by atoms with Gasteiger partial charge in [-0.25, -0.2) is 0 Å². The average molecular weight is 1270 g/mol. The second kappa shape index (κ2) is 56.2. The van der Waals surface area contributed by atoms with Crippen LogP contribution in [0.1, 0.15) is 117 Å². The van der Waals surface area contributed by atoms with Gasteiger partial charge in [0.2, 0.25) is 0 Å². The molecule has 0 bridgehead atoms. The van der Waals surface area contributed by atoms with Gasteiger partial charge in [0.15, 0.2) is 28.8 Å². The van der Waals surface area contributed by atoms with Crippen LogP contribution in [-0.2, 0) is 9.47 Å². The summed E-state index contributed by atoms with van der Waals surface area (Å²) < 4.78 is 16.2. The fraction of sp³-hybridized carbons (Fsp3) is 0.453. The van der Waals surface area contributed by atoms with Crippen molar-refractivity contribution in [2.75, 3.05) is 77.1 Å². The van der Waals surface area contributed by atoms with E-state index in [4.69, 9.17) is 30.0 Å². The second-order valence-electron chi connectivity index (χ2n) is 13.8. The number of hydrazine groups is 2. The Kier molecular flexibility index (Phi) is 63.9. The van der Waals surface area contributed by atoms with Gasteiger partial charge in [0.25, 0.3) is 0 Å². The predicted octanol–water partition coefficient (Wildman–Crippen LogP) is 13.4. The molecule has 3 aromatic heterocycles. The number of hydrogen-bond acceptors (Lipinski definition) is 16. The van der Waals surface area contributed by atoms with Crippen LogP contribution in [0.2, 0.25) is 0 Å². The van der Waals surface area contributed by atoms with E-state index in [9.17, 15) is 9.59 Å². The quantitative estimate of drug-likeness (QED) is 0.0468. The van der Waals surface area contributed by atoms with Crippen LogP contribution in [0.3, 0.4) is 0 Å². The van der Waals surface area contributed by atoms with E-state index in [0.29, 0.717) is 21.0 Å². The van der Waals surface area contributed by atoms with Crippen molar-refractivity contribution < 1.29 is 37.4 Å². The van der Waals surface area contributed by atoms with Crippen molar-refractivity contribution in [1.82, 2.24) is 25.0 Å². The number of para-hydroxylation sites is 3. The van der Waals surface area contributed by atoms with E-state index >= 15 is 0 Å². The van der Waals surface area contributed by atoms with Crippen LogP contribution < -0.4 is 11.7 Å². The normalized spacial score (nSPS) is 9.32. The van der Waals surface area contributed by atoms with Crippen molar-refractivity contribution in [2.45, 2.75) is 90.5 Å². The third kappa shape index (κ3) is 49.5. The molecule has 16 nitrogen and oxygen atoms in total. The molecule has 6 aromatic rings. The Morgan fingerprint density at radius 1 is 0.556 bits per heavy atom. The summed E-state index contributed by atoms with van der Waals surface area (Å²) in [6, 6.07) is 28.6. The summed E-state index contributed by atoms with van der Waals surface area (Å²) in [5, 5.41) is 30.9. The summed E-state index contributed by atoms with van der Waals surface area (Å²) in [5.41, 5.74) is 3.32. The van der Waals surface area contributed by atoms with Gasteiger partial charge in [0.05, 0.1) is 5.71 Å². The number of aliphatic hydroxyl groups excluding tert-OH is 1. The zero-order valence-electron chi connectivity index (χ0n) is 46.9. The molecule has 0 saturated carbocycles. The molecule has 0 aliphatic rings. The van der Waals surface area contributed by atoms with Gasteiger partial charge in [-0.15, -0.1) is 0 Å². The maximum absolute atomic E-state index is 10.9. The summed E-state index contributed by atoms with van der Waals surface area (Å²) in [5.74, 6) is 11.5. The first-order valence-electron chi connectivity index (χ1n) is 22.9. The summed E-state index contributed by atoms with van der Waals surface area (Å²) in [6.45, 7) is 22.6. The van der Waals surface area contributed by atoms with Crippen LogP contribution in [0.5, 0.6) is 0 Å². The number of furan rings is 3. The molecule has 0 unspecified atom stereocenters. The number of fused-ring (bicyclic) bond motifs is 3. The Balaban J connectivity index is -0.000000137. The minimum atomic E-state index is -0.0359. The van der Waals surface area contributed by atoms with Crippen LogP contribution in [0, 0.1) is 0 Å². The number of benzene rings is 3. The first-order valence-corrected chi connectivity index (χ1v) is 32.0. The molecule has 0 aliphatic heterocycles. The zero-order valence-corrected chi connectivity index (χ0v) is 52.7. The number of halogens is 2. The van der Waals surface area contributed by atoms with E-state index in [2.05, 4.69) is 55.3 Å². The van der Waals surface area contributed by atoms with Crippen molar-refractivity contribution in [2.24, 2.45) is 27.0 Å². The molecular formula is C53H94I2N10O6V. The molecular weight excluding hydrogens is 1180 g/mol. The fourth-order valence-corrected chi connectivity index (χ4v) is 4.28. The summed E-state index contributed by atoms with van der Waals surface area (Å²) in [6.07, 6.45) is 3.50. The molecule has 0 saturated heterocycles. The van der Waals surface area contributed by atoms with Crippen LogP contribution in [0.25, 0.3) is 32.9 Å². The van der Waals surface area contributed by atoms with Gasteiger partial charge in [0.1, 0.15) is 16.7 Å². The number of Topliss-reactive ketones (excluding diaryl/α,β-unsaturated/α-hetero) is 2. The molecule has 3 heterocycles. The monoisotopic (exact) mass is 1270 g/mol. The number of hydrazone groups is 3. The molecule has 19 heteroatoms. The molecule has 5 N–H and O–H groups in total. The topological polar surface area (TPSA) is 199 Å². The third-order valence-electron chi connectivity index (χ3n) is 6.37. The number of hydrogen-bond donors (Lipinski definition) is 3. The number of rotatable bonds is 6. The third-order valence-corrected chi connectivity index (χ3v) is 6.37. The van der Waals surface area contributed by atoms with Gasteiger partial charge in [-0.2, -0.15) is 15.3 Å². The van der Waals surface area contributed by atoms with Crippen LogP contribution in [0.15, 0.2) is 120 Å². The van der Waals surface area contributed by atoms with Gasteiger partial charge in [-0.1, -0.05) is 104 Å². The zero-order chi connectivity index (χ0) is 56.5. The molecule has 6 rings (SSSR count). The number of nitrogens with two attached hydrogens (primary N) is 2. The Labute approximate surface area is 464 Å². The van der Waals surface area contributed by atoms with E-state index < -0.39 is 0 Å². The van der Waals surface area contributed by atoms with Crippen LogP contribution in [-0.4, -0.2) is 137 Å². The number of carbonyl (C=O) groups is 2. The number of aliphatic hydroxyl groups is 1. The Hall–Kier alpha value is -4.13. The molecule has 411 valence electrons. The fourth-order valence-electron chi connectivity index (χ4n) is 4.28. The molecule has 0 aliphatic carbocycles. The first kappa shape index (κ1) is 81.9. The van der Waals surface area contributed by atoms with Crippen molar-refractivity contribution >= 4 is 103 Å². The molecule has 0 amide bonds. The molecule has 0 spiro atoms. The van der Waals surface area contributed by atoms with Crippen molar-refractivity contribution in [3.8, 4) is 0 Å². The summed E-state index contributed by atoms with van der Waals surface area (Å²) in [7, 11) is 19.1. The van der Waals surface area contributed by atoms with Crippen molar-refractivity contribution in [1.29, 1.82) is 0 Å². The Morgan fingerprint density at radius 2 is 0.778 bits per heavy atom. The molecule has 3 aromatic carbocycles. The van der Waals surface area contributed by atoms with E-state index in [1.807, 2.05) is 183 Å². The molecule has 0 atom stereocenters. The summed E-state index contributed by atoms with van der Waals surface area (Å²) >= 11 is 4.74. The van der Waals surface area contributed by atoms with Gasteiger partial charge < -0.3 is 33.4 Å². The number of ketones is 2. The minimum absolute atomic E-state index is 0. The van der Waals surface area contributed by atoms with Gasteiger partial charge >= 0.3 is 49.4 Å². The standard InChI is InChI=1S/C12H14N2O.2C10H8O2.2C4H10N2.2C2H8N2.C2H6O.3C2H6.CH4.2HI.V/c1-9(13-14(2)3)12-8-10-6-4-5-7-11(10)15-12;2*1-7(11)10-6-8-4-2-3-5-9(8)12-10;2*1-4-5-6(2)3;2*1-4(2)3;1-2-3;3*1-2;;;;/h4-8H,1-3H3;2*2-6H,1H3;2*4H,1-3H3;2*3H2,1-2H3;3H,2H2,1H3;3*1-2H3;1H4;2*1H;/q;;;;;;;;;;;;;;+2/p-2/b13-9+;;;2*5-4+;;;;;;;;;;.